The molecule has 0 bridgehead atoms. The summed E-state index contributed by atoms with van der Waals surface area (Å²) in [7, 11) is 1.48. The Kier molecular flexibility index (Phi) is 4.81. The van der Waals surface area contributed by atoms with Gasteiger partial charge in [-0.15, -0.1) is 10.2 Å². The van der Waals surface area contributed by atoms with Crippen LogP contribution in [0.4, 0.5) is 23.1 Å². The van der Waals surface area contributed by atoms with Gasteiger partial charge in [0.05, 0.1) is 13.3 Å². The monoisotopic (exact) mass is 339 g/mol. The quantitative estimate of drug-likeness (QED) is 0.878. The molecule has 3 amide bonds. The zero-order chi connectivity index (χ0) is 16.3. The van der Waals surface area contributed by atoms with Crippen molar-refractivity contribution in [1.82, 2.24) is 20.0 Å². The third-order valence-corrected chi connectivity index (χ3v) is 3.64. The molecule has 1 aromatic heterocycles. The zero-order valence-corrected chi connectivity index (χ0v) is 12.2. The molecular weight excluding hydrogens is 327 g/mol. The highest BCUT2D eigenvalue weighted by atomic mass is 32.1. The van der Waals surface area contributed by atoms with E-state index in [1.165, 1.54) is 12.0 Å². The van der Waals surface area contributed by atoms with Crippen molar-refractivity contribution in [1.29, 1.82) is 0 Å². The van der Waals surface area contributed by atoms with Crippen LogP contribution in [0.5, 0.6) is 0 Å². The summed E-state index contributed by atoms with van der Waals surface area (Å²) in [6.07, 6.45) is -4.61. The maximum Gasteiger partial charge on any atom is 0.445 e. The molecule has 1 aliphatic heterocycles. The molecule has 1 aromatic rings. The van der Waals surface area contributed by atoms with Crippen molar-refractivity contribution in [3.8, 4) is 0 Å². The minimum absolute atomic E-state index is 0.0406. The summed E-state index contributed by atoms with van der Waals surface area (Å²) in [5.74, 6) is -0.263. The van der Waals surface area contributed by atoms with Crippen molar-refractivity contribution in [2.45, 2.75) is 6.18 Å². The Bertz CT molecular complexity index is 564. The molecule has 0 aromatic carbocycles. The Morgan fingerprint density at radius 1 is 1.45 bits per heavy atom. The van der Waals surface area contributed by atoms with Gasteiger partial charge in [-0.2, -0.15) is 13.2 Å². The van der Waals surface area contributed by atoms with Gasteiger partial charge in [0.15, 0.2) is 0 Å². The van der Waals surface area contributed by atoms with E-state index in [1.807, 2.05) is 0 Å². The molecule has 1 saturated heterocycles. The smallest absolute Gasteiger partial charge is 0.383 e. The molecule has 0 saturated carbocycles. The van der Waals surface area contributed by atoms with Crippen molar-refractivity contribution >= 4 is 28.4 Å². The van der Waals surface area contributed by atoms with Crippen LogP contribution in [-0.2, 0) is 15.7 Å². The SMILES string of the molecule is COCCN1CN(C(=O)Nc2nnc(C(F)(F)F)s2)CC1=O. The first-order valence-electron chi connectivity index (χ1n) is 6.04. The third-order valence-electron chi connectivity index (χ3n) is 2.75. The number of carbonyl (C=O) groups excluding carboxylic acids is 2. The topological polar surface area (TPSA) is 87.7 Å². The molecule has 0 aliphatic carbocycles. The lowest BCUT2D eigenvalue weighted by Crippen LogP contribution is -2.35. The van der Waals surface area contributed by atoms with E-state index in [9.17, 15) is 22.8 Å². The largest absolute Gasteiger partial charge is 0.445 e. The summed E-state index contributed by atoms with van der Waals surface area (Å²) in [6, 6.07) is -0.710. The molecule has 0 spiro atoms. The van der Waals surface area contributed by atoms with Gasteiger partial charge in [-0.05, 0) is 0 Å². The van der Waals surface area contributed by atoms with Gasteiger partial charge in [0.1, 0.15) is 6.54 Å². The van der Waals surface area contributed by atoms with Crippen molar-refractivity contribution in [2.24, 2.45) is 0 Å². The molecule has 0 unspecified atom stereocenters. The maximum absolute atomic E-state index is 12.4. The highest BCUT2D eigenvalue weighted by Gasteiger charge is 2.36. The van der Waals surface area contributed by atoms with Crippen molar-refractivity contribution in [3.63, 3.8) is 0 Å². The van der Waals surface area contributed by atoms with E-state index in [4.69, 9.17) is 4.74 Å². The van der Waals surface area contributed by atoms with Crippen LogP contribution in [0.2, 0.25) is 0 Å². The number of ether oxygens (including phenoxy) is 1. The molecule has 0 atom stereocenters. The average molecular weight is 339 g/mol. The Morgan fingerprint density at radius 3 is 2.77 bits per heavy atom. The first kappa shape index (κ1) is 16.4. The van der Waals surface area contributed by atoms with Gasteiger partial charge in [0.2, 0.25) is 16.0 Å². The normalized spacial score (nSPS) is 15.5. The number of carbonyl (C=O) groups is 2. The molecule has 2 heterocycles. The summed E-state index contributed by atoms with van der Waals surface area (Å²) < 4.78 is 42.0. The number of hydrogen-bond acceptors (Lipinski definition) is 6. The lowest BCUT2D eigenvalue weighted by atomic mass is 10.5. The summed E-state index contributed by atoms with van der Waals surface area (Å²) in [6.45, 7) is 0.544. The second-order valence-corrected chi connectivity index (χ2v) is 5.31. The highest BCUT2D eigenvalue weighted by Crippen LogP contribution is 2.33. The number of alkyl halides is 3. The van der Waals surface area contributed by atoms with Crippen molar-refractivity contribution < 1.29 is 27.5 Å². The van der Waals surface area contributed by atoms with Crippen molar-refractivity contribution in [2.75, 3.05) is 38.8 Å². The average Bonchev–Trinajstić information content (AvgIpc) is 3.03. The van der Waals surface area contributed by atoms with Gasteiger partial charge < -0.3 is 9.64 Å². The number of halogens is 3. The summed E-state index contributed by atoms with van der Waals surface area (Å²) >= 11 is 0.218. The van der Waals surface area contributed by atoms with E-state index in [1.54, 1.807) is 0 Å². The van der Waals surface area contributed by atoms with Gasteiger partial charge >= 0.3 is 12.2 Å². The van der Waals surface area contributed by atoms with E-state index >= 15 is 0 Å². The Hall–Kier alpha value is -1.95. The summed E-state index contributed by atoms with van der Waals surface area (Å²) in [4.78, 5) is 26.1. The van der Waals surface area contributed by atoms with E-state index in [2.05, 4.69) is 15.5 Å². The second kappa shape index (κ2) is 6.44. The second-order valence-electron chi connectivity index (χ2n) is 4.33. The van der Waals surface area contributed by atoms with Gasteiger partial charge in [0.25, 0.3) is 0 Å². The van der Waals surface area contributed by atoms with Crippen LogP contribution in [0.15, 0.2) is 0 Å². The maximum atomic E-state index is 12.4. The predicted octanol–water partition coefficient (Wildman–Crippen LogP) is 0.837. The third kappa shape index (κ3) is 3.82. The predicted molar refractivity (Wildman–Crippen MR) is 69.1 cm³/mol. The first-order chi connectivity index (χ1) is 10.3. The molecule has 1 fully saturated rings. The van der Waals surface area contributed by atoms with E-state index in [0.29, 0.717) is 13.2 Å². The molecular formula is C10H12F3N5O3S. The number of methoxy groups -OCH3 is 1. The molecule has 1 aliphatic rings. The molecule has 22 heavy (non-hydrogen) atoms. The number of rotatable bonds is 4. The number of urea groups is 1. The van der Waals surface area contributed by atoms with E-state index < -0.39 is 17.2 Å². The Morgan fingerprint density at radius 2 is 2.18 bits per heavy atom. The van der Waals surface area contributed by atoms with Crippen LogP contribution < -0.4 is 5.32 Å². The fourth-order valence-corrected chi connectivity index (χ4v) is 2.29. The lowest BCUT2D eigenvalue weighted by Gasteiger charge is -2.17. The number of nitrogens with one attached hydrogen (secondary N) is 1. The van der Waals surface area contributed by atoms with Gasteiger partial charge in [0, 0.05) is 13.7 Å². The van der Waals surface area contributed by atoms with Crippen LogP contribution in [0, 0.1) is 0 Å². The summed E-state index contributed by atoms with van der Waals surface area (Å²) in [5.41, 5.74) is 0. The van der Waals surface area contributed by atoms with E-state index in [-0.39, 0.29) is 35.6 Å². The molecule has 1 N–H and O–H groups in total. The van der Waals surface area contributed by atoms with Crippen LogP contribution in [0.1, 0.15) is 5.01 Å². The van der Waals surface area contributed by atoms with Gasteiger partial charge in [-0.25, -0.2) is 4.79 Å². The standard InChI is InChI=1S/C10H12F3N5O3S/c1-21-3-2-17-5-18(4-6(17)19)9(20)14-8-16-15-7(22-8)10(11,12)13/h2-5H2,1H3,(H,14,16,20). The number of anilines is 1. The number of amides is 3. The number of nitrogens with zero attached hydrogens (tertiary/aromatic N) is 4. The minimum atomic E-state index is -4.61. The first-order valence-corrected chi connectivity index (χ1v) is 6.86. The number of aromatic nitrogens is 2. The Balaban J connectivity index is 1.93. The van der Waals surface area contributed by atoms with Crippen LogP contribution >= 0.6 is 11.3 Å². The Labute approximate surface area is 126 Å². The van der Waals surface area contributed by atoms with Gasteiger partial charge in [-0.3, -0.25) is 15.0 Å². The summed E-state index contributed by atoms with van der Waals surface area (Å²) in [5, 5.41) is 6.97. The fourth-order valence-electron chi connectivity index (χ4n) is 1.69. The molecule has 8 nitrogen and oxygen atoms in total. The van der Waals surface area contributed by atoms with Crippen LogP contribution in [0.3, 0.4) is 0 Å². The zero-order valence-electron chi connectivity index (χ0n) is 11.4. The molecule has 12 heteroatoms. The highest BCUT2D eigenvalue weighted by molar-refractivity contribution is 7.15. The number of hydrogen-bond donors (Lipinski definition) is 1. The molecule has 0 radical (unpaired) electrons. The molecule has 2 rings (SSSR count). The molecule has 122 valence electrons. The van der Waals surface area contributed by atoms with E-state index in [0.717, 1.165) is 4.90 Å². The lowest BCUT2D eigenvalue weighted by molar-refractivity contribution is -0.138. The van der Waals surface area contributed by atoms with Crippen LogP contribution in [0.25, 0.3) is 0 Å². The fraction of sp³-hybridized carbons (Fsp3) is 0.600. The van der Waals surface area contributed by atoms with Gasteiger partial charge in [-0.1, -0.05) is 11.3 Å². The minimum Gasteiger partial charge on any atom is -0.383 e. The van der Waals surface area contributed by atoms with Crippen LogP contribution in [-0.4, -0.2) is 65.4 Å². The van der Waals surface area contributed by atoms with Crippen molar-refractivity contribution in [3.05, 3.63) is 5.01 Å².